The summed E-state index contributed by atoms with van der Waals surface area (Å²) in [4.78, 5) is 24.5. The second kappa shape index (κ2) is 58.2. The predicted molar refractivity (Wildman–Crippen MR) is 297 cm³/mol. The fraction of sp³-hybridized carbons (Fsp3) is 0.935. The highest BCUT2D eigenvalue weighted by Crippen LogP contribution is 2.18. The van der Waals surface area contributed by atoms with Gasteiger partial charge in [-0.3, -0.25) is 9.59 Å². The fourth-order valence-corrected chi connectivity index (χ4v) is 9.81. The smallest absolute Gasteiger partial charge is 0.305 e. The Balaban J connectivity index is 3.36. The van der Waals surface area contributed by atoms with Crippen molar-refractivity contribution >= 4 is 11.9 Å². The second-order valence-corrected chi connectivity index (χ2v) is 21.4. The zero-order valence-electron chi connectivity index (χ0n) is 46.1. The molecule has 0 saturated carbocycles. The van der Waals surface area contributed by atoms with Gasteiger partial charge >= 0.3 is 5.97 Å². The quantitative estimate of drug-likeness (QED) is 0.0321. The molecule has 1 amide bonds. The number of hydrogen-bond acceptors (Lipinski definition) is 5. The first-order valence-electron chi connectivity index (χ1n) is 31.0. The Labute approximate surface area is 425 Å². The van der Waals surface area contributed by atoms with E-state index in [4.69, 9.17) is 4.74 Å². The van der Waals surface area contributed by atoms with Crippen LogP contribution in [-0.2, 0) is 14.3 Å². The van der Waals surface area contributed by atoms with Gasteiger partial charge in [0, 0.05) is 12.8 Å². The number of rotatable bonds is 58. The molecule has 0 radical (unpaired) electrons. The van der Waals surface area contributed by atoms with Crippen molar-refractivity contribution in [3.63, 3.8) is 0 Å². The van der Waals surface area contributed by atoms with Gasteiger partial charge in [0.25, 0.3) is 0 Å². The van der Waals surface area contributed by atoms with Crippen LogP contribution < -0.4 is 5.32 Å². The van der Waals surface area contributed by atoms with Gasteiger partial charge in [-0.2, -0.15) is 0 Å². The Kier molecular flexibility index (Phi) is 57.0. The maximum atomic E-state index is 12.4. The van der Waals surface area contributed by atoms with Gasteiger partial charge in [-0.15, -0.1) is 0 Å². The molecular weight excluding hydrogens is 839 g/mol. The van der Waals surface area contributed by atoms with Crippen LogP contribution in [0.2, 0.25) is 0 Å². The van der Waals surface area contributed by atoms with E-state index in [1.54, 1.807) is 6.08 Å². The van der Waals surface area contributed by atoms with Crippen LogP contribution in [-0.4, -0.2) is 47.4 Å². The SMILES string of the molecule is CCCCCCCCCCCC/C=C/C(O)C(CO)NC(=O)CCCCCCCCCCCCCCCCCCCCCCCOC(=O)CCCCCCCCCCCCCCCCCCCC. The van der Waals surface area contributed by atoms with Crippen molar-refractivity contribution < 1.29 is 24.5 Å². The number of esters is 1. The van der Waals surface area contributed by atoms with Crippen LogP contribution in [0.4, 0.5) is 0 Å². The van der Waals surface area contributed by atoms with Crippen molar-refractivity contribution in [2.75, 3.05) is 13.2 Å². The molecule has 0 bridgehead atoms. The van der Waals surface area contributed by atoms with E-state index in [1.165, 1.54) is 283 Å². The summed E-state index contributed by atoms with van der Waals surface area (Å²) in [6.07, 6.45) is 69.7. The Morgan fingerprint density at radius 3 is 1.00 bits per heavy atom. The van der Waals surface area contributed by atoms with Gasteiger partial charge in [-0.05, 0) is 32.1 Å². The zero-order valence-corrected chi connectivity index (χ0v) is 46.1. The summed E-state index contributed by atoms with van der Waals surface area (Å²) in [7, 11) is 0. The van der Waals surface area contributed by atoms with Crippen LogP contribution in [0.3, 0.4) is 0 Å². The molecule has 0 aromatic heterocycles. The van der Waals surface area contributed by atoms with E-state index < -0.39 is 12.1 Å². The zero-order chi connectivity index (χ0) is 49.3. The first-order valence-corrected chi connectivity index (χ1v) is 31.0. The lowest BCUT2D eigenvalue weighted by molar-refractivity contribution is -0.143. The van der Waals surface area contributed by atoms with Crippen LogP contribution in [0, 0.1) is 0 Å². The number of carbonyl (C=O) groups excluding carboxylic acids is 2. The van der Waals surface area contributed by atoms with Gasteiger partial charge in [0.2, 0.25) is 5.91 Å². The minimum absolute atomic E-state index is 0.0163. The van der Waals surface area contributed by atoms with Crippen LogP contribution in [0.15, 0.2) is 12.2 Å². The molecule has 6 nitrogen and oxygen atoms in total. The van der Waals surface area contributed by atoms with Crippen LogP contribution >= 0.6 is 0 Å². The summed E-state index contributed by atoms with van der Waals surface area (Å²) in [6, 6.07) is -0.627. The highest BCUT2D eigenvalue weighted by Gasteiger charge is 2.18. The van der Waals surface area contributed by atoms with E-state index >= 15 is 0 Å². The third-order valence-corrected chi connectivity index (χ3v) is 14.6. The molecule has 0 aliphatic heterocycles. The van der Waals surface area contributed by atoms with Gasteiger partial charge in [0.05, 0.1) is 25.4 Å². The largest absolute Gasteiger partial charge is 0.466 e. The lowest BCUT2D eigenvalue weighted by atomic mass is 10.0. The van der Waals surface area contributed by atoms with Gasteiger partial charge in [-0.25, -0.2) is 0 Å². The monoisotopic (exact) mass is 960 g/mol. The Bertz CT molecular complexity index is 1020. The molecule has 0 heterocycles. The van der Waals surface area contributed by atoms with E-state index in [9.17, 15) is 19.8 Å². The predicted octanol–water partition coefficient (Wildman–Crippen LogP) is 19.2. The number of aliphatic hydroxyl groups is 2. The number of amides is 1. The average molecular weight is 961 g/mol. The highest BCUT2D eigenvalue weighted by molar-refractivity contribution is 5.76. The number of ether oxygens (including phenoxy) is 1. The summed E-state index contributed by atoms with van der Waals surface area (Å²) < 4.78 is 5.50. The van der Waals surface area contributed by atoms with E-state index in [1.807, 2.05) is 6.08 Å². The minimum atomic E-state index is -0.843. The molecule has 2 unspecified atom stereocenters. The summed E-state index contributed by atoms with van der Waals surface area (Å²) in [5.41, 5.74) is 0. The number of hydrogen-bond donors (Lipinski definition) is 3. The topological polar surface area (TPSA) is 95.9 Å². The van der Waals surface area contributed by atoms with E-state index in [2.05, 4.69) is 19.2 Å². The maximum Gasteiger partial charge on any atom is 0.305 e. The lowest BCUT2D eigenvalue weighted by Crippen LogP contribution is -2.45. The molecule has 0 aromatic rings. The number of nitrogens with one attached hydrogen (secondary N) is 1. The van der Waals surface area contributed by atoms with E-state index in [0.717, 1.165) is 38.5 Å². The fourth-order valence-electron chi connectivity index (χ4n) is 9.81. The average Bonchev–Trinajstić information content (AvgIpc) is 3.34. The molecular formula is C62H121NO5. The van der Waals surface area contributed by atoms with Gasteiger partial charge in [0.15, 0.2) is 0 Å². The molecule has 68 heavy (non-hydrogen) atoms. The molecule has 0 aromatic carbocycles. The van der Waals surface area contributed by atoms with Crippen molar-refractivity contribution in [2.45, 2.75) is 360 Å². The number of allylic oxidation sites excluding steroid dienone is 1. The summed E-state index contributed by atoms with van der Waals surface area (Å²) in [5, 5.41) is 23.1. The number of aliphatic hydroxyl groups excluding tert-OH is 2. The molecule has 2 atom stereocenters. The number of unbranched alkanes of at least 4 members (excludes halogenated alkanes) is 47. The van der Waals surface area contributed by atoms with Gasteiger partial charge in [-0.1, -0.05) is 315 Å². The molecule has 6 heteroatoms. The second-order valence-electron chi connectivity index (χ2n) is 21.4. The third kappa shape index (κ3) is 53.9. The van der Waals surface area contributed by atoms with Crippen LogP contribution in [0.1, 0.15) is 348 Å². The van der Waals surface area contributed by atoms with E-state index in [-0.39, 0.29) is 18.5 Å². The van der Waals surface area contributed by atoms with Crippen molar-refractivity contribution in [3.8, 4) is 0 Å². The lowest BCUT2D eigenvalue weighted by Gasteiger charge is -2.20. The standard InChI is InChI=1S/C62H121NO5/c1-3-5-7-9-11-13-15-17-18-19-26-29-32-36-40-44-48-52-56-62(67)68-57-53-49-45-41-37-33-30-27-24-22-20-21-23-25-28-31-35-39-43-47-51-55-61(66)63-59(58-64)60(65)54-50-46-42-38-34-16-14-12-10-8-6-4-2/h50,54,59-60,64-65H,3-49,51-53,55-58H2,1-2H3,(H,63,66)/b54-50+. The minimum Gasteiger partial charge on any atom is -0.466 e. The maximum absolute atomic E-state index is 12.4. The van der Waals surface area contributed by atoms with Crippen molar-refractivity contribution in [1.29, 1.82) is 0 Å². The molecule has 404 valence electrons. The molecule has 0 aliphatic rings. The Morgan fingerprint density at radius 1 is 0.397 bits per heavy atom. The summed E-state index contributed by atoms with van der Waals surface area (Å²) >= 11 is 0. The third-order valence-electron chi connectivity index (χ3n) is 14.6. The van der Waals surface area contributed by atoms with Crippen molar-refractivity contribution in [1.82, 2.24) is 5.32 Å². The molecule has 0 rings (SSSR count). The van der Waals surface area contributed by atoms with E-state index in [0.29, 0.717) is 19.4 Å². The Hall–Kier alpha value is -1.40. The first-order chi connectivity index (χ1) is 33.5. The normalized spacial score (nSPS) is 12.6. The first kappa shape index (κ1) is 66.6. The summed E-state index contributed by atoms with van der Waals surface area (Å²) in [6.45, 7) is 4.92. The Morgan fingerprint density at radius 2 is 0.676 bits per heavy atom. The molecule has 0 saturated heterocycles. The van der Waals surface area contributed by atoms with Gasteiger partial charge < -0.3 is 20.3 Å². The number of carbonyl (C=O) groups is 2. The molecule has 0 fully saturated rings. The highest BCUT2D eigenvalue weighted by atomic mass is 16.5. The van der Waals surface area contributed by atoms with Crippen molar-refractivity contribution in [2.24, 2.45) is 0 Å². The molecule has 3 N–H and O–H groups in total. The van der Waals surface area contributed by atoms with Crippen LogP contribution in [0.25, 0.3) is 0 Å². The van der Waals surface area contributed by atoms with Crippen molar-refractivity contribution in [3.05, 3.63) is 12.2 Å². The molecule has 0 spiro atoms. The van der Waals surface area contributed by atoms with Gasteiger partial charge in [0.1, 0.15) is 0 Å². The van der Waals surface area contributed by atoms with Crippen LogP contribution in [0.5, 0.6) is 0 Å². The molecule has 0 aliphatic carbocycles. The summed E-state index contributed by atoms with van der Waals surface area (Å²) in [5.74, 6) is -0.0517.